The Bertz CT molecular complexity index is 379. The summed E-state index contributed by atoms with van der Waals surface area (Å²) in [6.07, 6.45) is 0. The van der Waals surface area contributed by atoms with Crippen LogP contribution in [0.15, 0.2) is 18.2 Å². The van der Waals surface area contributed by atoms with Crippen LogP contribution in [0.1, 0.15) is 6.92 Å². The number of nitrogen functional groups attached to an aromatic ring is 1. The summed E-state index contributed by atoms with van der Waals surface area (Å²) < 4.78 is 5.05. The van der Waals surface area contributed by atoms with Gasteiger partial charge in [0, 0.05) is 12.6 Å². The highest BCUT2D eigenvalue weighted by Crippen LogP contribution is 2.27. The highest BCUT2D eigenvalue weighted by atomic mass is 16.5. The third-order valence-corrected chi connectivity index (χ3v) is 2.30. The molecular weight excluding hydrogens is 206 g/mol. The summed E-state index contributed by atoms with van der Waals surface area (Å²) in [4.78, 5) is 12.7. The summed E-state index contributed by atoms with van der Waals surface area (Å²) >= 11 is 0. The van der Waals surface area contributed by atoms with Crippen molar-refractivity contribution in [3.8, 4) is 5.75 Å². The van der Waals surface area contributed by atoms with Crippen molar-refractivity contribution in [2.24, 2.45) is 5.73 Å². The van der Waals surface area contributed by atoms with Crippen molar-refractivity contribution < 1.29 is 9.53 Å². The molecule has 1 amide bonds. The first-order valence-electron chi connectivity index (χ1n) is 5.05. The maximum absolute atomic E-state index is 10.9. The molecule has 0 aliphatic heterocycles. The second kappa shape index (κ2) is 5.25. The van der Waals surface area contributed by atoms with Gasteiger partial charge in [-0.05, 0) is 19.1 Å². The van der Waals surface area contributed by atoms with Gasteiger partial charge in [-0.25, -0.2) is 0 Å². The molecule has 5 nitrogen and oxygen atoms in total. The van der Waals surface area contributed by atoms with E-state index in [-0.39, 0.29) is 12.5 Å². The van der Waals surface area contributed by atoms with Gasteiger partial charge in [0.25, 0.3) is 0 Å². The van der Waals surface area contributed by atoms with Gasteiger partial charge >= 0.3 is 0 Å². The van der Waals surface area contributed by atoms with E-state index >= 15 is 0 Å². The fourth-order valence-corrected chi connectivity index (χ4v) is 1.50. The predicted octanol–water partition coefficient (Wildman–Crippen LogP) is 0.589. The third kappa shape index (κ3) is 2.79. The number of methoxy groups -OCH3 is 1. The molecular formula is C11H17N3O2. The molecule has 0 radical (unpaired) electrons. The molecule has 16 heavy (non-hydrogen) atoms. The zero-order chi connectivity index (χ0) is 12.1. The van der Waals surface area contributed by atoms with Gasteiger partial charge in [-0.1, -0.05) is 0 Å². The van der Waals surface area contributed by atoms with Crippen LogP contribution in [0.2, 0.25) is 0 Å². The lowest BCUT2D eigenvalue weighted by Crippen LogP contribution is -2.34. The van der Waals surface area contributed by atoms with E-state index in [1.54, 1.807) is 19.2 Å². The second-order valence-electron chi connectivity index (χ2n) is 3.41. The molecule has 0 unspecified atom stereocenters. The fraction of sp³-hybridized carbons (Fsp3) is 0.364. The number of benzene rings is 1. The summed E-state index contributed by atoms with van der Waals surface area (Å²) in [5, 5.41) is 0. The maximum Gasteiger partial charge on any atom is 0.236 e. The van der Waals surface area contributed by atoms with Gasteiger partial charge in [0.1, 0.15) is 5.75 Å². The van der Waals surface area contributed by atoms with Crippen LogP contribution in [0.4, 0.5) is 11.4 Å². The number of amides is 1. The molecule has 1 aromatic rings. The second-order valence-corrected chi connectivity index (χ2v) is 3.41. The Morgan fingerprint density at radius 3 is 2.62 bits per heavy atom. The number of hydrogen-bond donors (Lipinski definition) is 2. The zero-order valence-corrected chi connectivity index (χ0v) is 9.56. The summed E-state index contributed by atoms with van der Waals surface area (Å²) in [6.45, 7) is 2.76. The number of hydrogen-bond acceptors (Lipinski definition) is 4. The lowest BCUT2D eigenvalue weighted by Gasteiger charge is -2.23. The van der Waals surface area contributed by atoms with Crippen molar-refractivity contribution in [1.82, 2.24) is 0 Å². The quantitative estimate of drug-likeness (QED) is 0.716. The number of nitrogens with two attached hydrogens (primary N) is 2. The number of carbonyl (C=O) groups is 1. The number of likely N-dealkylation sites (N-methyl/N-ethyl adjacent to an activating group) is 1. The highest BCUT2D eigenvalue weighted by molar-refractivity contribution is 5.81. The van der Waals surface area contributed by atoms with Crippen LogP contribution >= 0.6 is 0 Å². The van der Waals surface area contributed by atoms with Crippen molar-refractivity contribution in [2.45, 2.75) is 6.92 Å². The van der Waals surface area contributed by atoms with Gasteiger partial charge in [0.05, 0.1) is 25.0 Å². The van der Waals surface area contributed by atoms with E-state index in [1.165, 1.54) is 0 Å². The molecule has 0 aliphatic rings. The van der Waals surface area contributed by atoms with Crippen molar-refractivity contribution >= 4 is 17.3 Å². The summed E-state index contributed by atoms with van der Waals surface area (Å²) in [7, 11) is 1.58. The van der Waals surface area contributed by atoms with Crippen LogP contribution in [0.5, 0.6) is 5.75 Å². The van der Waals surface area contributed by atoms with Crippen LogP contribution in [0, 0.1) is 0 Å². The minimum Gasteiger partial charge on any atom is -0.497 e. The normalized spacial score (nSPS) is 9.88. The summed E-state index contributed by atoms with van der Waals surface area (Å²) in [6, 6.07) is 5.34. The number of carbonyl (C=O) groups excluding carboxylic acids is 1. The molecule has 0 aliphatic carbocycles. The molecule has 0 bridgehead atoms. The van der Waals surface area contributed by atoms with E-state index in [0.29, 0.717) is 18.0 Å². The average Bonchev–Trinajstić information content (AvgIpc) is 2.25. The Balaban J connectivity index is 2.96. The summed E-state index contributed by atoms with van der Waals surface area (Å²) in [5.74, 6) is 0.313. The molecule has 5 heteroatoms. The topological polar surface area (TPSA) is 81.6 Å². The molecule has 0 aromatic heterocycles. The van der Waals surface area contributed by atoms with Crippen molar-refractivity contribution in [2.75, 3.05) is 30.8 Å². The lowest BCUT2D eigenvalue weighted by atomic mass is 10.2. The predicted molar refractivity (Wildman–Crippen MR) is 64.5 cm³/mol. The molecule has 0 fully saturated rings. The molecule has 0 saturated heterocycles. The van der Waals surface area contributed by atoms with Crippen LogP contribution in [0.25, 0.3) is 0 Å². The van der Waals surface area contributed by atoms with Crippen LogP contribution in [-0.4, -0.2) is 26.1 Å². The van der Waals surface area contributed by atoms with Crippen molar-refractivity contribution in [1.29, 1.82) is 0 Å². The highest BCUT2D eigenvalue weighted by Gasteiger charge is 2.10. The standard InChI is InChI=1S/C11H17N3O2/c1-3-14(7-11(13)15)10-5-4-8(16-2)6-9(10)12/h4-6H,3,7,12H2,1-2H3,(H2,13,15). The number of ether oxygens (including phenoxy) is 1. The number of nitrogens with zero attached hydrogens (tertiary/aromatic N) is 1. The van der Waals surface area contributed by atoms with Gasteiger partial charge < -0.3 is 21.1 Å². The smallest absolute Gasteiger partial charge is 0.236 e. The molecule has 1 aromatic carbocycles. The van der Waals surface area contributed by atoms with E-state index in [1.807, 2.05) is 17.9 Å². The minimum atomic E-state index is -0.378. The van der Waals surface area contributed by atoms with Crippen LogP contribution < -0.4 is 21.1 Å². The van der Waals surface area contributed by atoms with Gasteiger partial charge in [-0.15, -0.1) is 0 Å². The zero-order valence-electron chi connectivity index (χ0n) is 9.56. The Labute approximate surface area is 95.0 Å². The van der Waals surface area contributed by atoms with E-state index in [4.69, 9.17) is 16.2 Å². The van der Waals surface area contributed by atoms with Crippen LogP contribution in [-0.2, 0) is 4.79 Å². The largest absolute Gasteiger partial charge is 0.497 e. The Hall–Kier alpha value is -1.91. The lowest BCUT2D eigenvalue weighted by molar-refractivity contribution is -0.116. The first-order chi connectivity index (χ1) is 7.58. The fourth-order valence-electron chi connectivity index (χ4n) is 1.50. The molecule has 4 N–H and O–H groups in total. The molecule has 0 atom stereocenters. The third-order valence-electron chi connectivity index (χ3n) is 2.30. The van der Waals surface area contributed by atoms with E-state index in [0.717, 1.165) is 5.69 Å². The number of rotatable bonds is 5. The summed E-state index contributed by atoms with van der Waals surface area (Å²) in [5.41, 5.74) is 12.4. The monoisotopic (exact) mass is 223 g/mol. The molecule has 0 spiro atoms. The Morgan fingerprint density at radius 1 is 1.50 bits per heavy atom. The SMILES string of the molecule is CCN(CC(N)=O)c1ccc(OC)cc1N. The Morgan fingerprint density at radius 2 is 2.19 bits per heavy atom. The molecule has 0 saturated carbocycles. The Kier molecular flexibility index (Phi) is 3.99. The maximum atomic E-state index is 10.9. The number of primary amides is 1. The first kappa shape index (κ1) is 12.2. The number of anilines is 2. The van der Waals surface area contributed by atoms with E-state index < -0.39 is 0 Å². The molecule has 88 valence electrons. The van der Waals surface area contributed by atoms with Crippen molar-refractivity contribution in [3.63, 3.8) is 0 Å². The van der Waals surface area contributed by atoms with Gasteiger partial charge in [-0.2, -0.15) is 0 Å². The van der Waals surface area contributed by atoms with Gasteiger partial charge in [0.15, 0.2) is 0 Å². The first-order valence-corrected chi connectivity index (χ1v) is 5.05. The molecule has 1 rings (SSSR count). The minimum absolute atomic E-state index is 0.160. The van der Waals surface area contributed by atoms with Gasteiger partial charge in [0.2, 0.25) is 5.91 Å². The van der Waals surface area contributed by atoms with Crippen LogP contribution in [0.3, 0.4) is 0 Å². The average molecular weight is 223 g/mol. The van der Waals surface area contributed by atoms with E-state index in [2.05, 4.69) is 0 Å². The van der Waals surface area contributed by atoms with E-state index in [9.17, 15) is 4.79 Å². The van der Waals surface area contributed by atoms with Gasteiger partial charge in [-0.3, -0.25) is 4.79 Å². The molecule has 0 heterocycles. The van der Waals surface area contributed by atoms with Crippen molar-refractivity contribution in [3.05, 3.63) is 18.2 Å².